The maximum atomic E-state index is 13.2. The predicted octanol–water partition coefficient (Wildman–Crippen LogP) is 2.74. The number of urea groups is 1. The Bertz CT molecular complexity index is 519. The molecule has 1 aromatic carbocycles. The number of carboxylic acids is 1. The SMILES string of the molecule is COC(CNC(=O)Nc1cc(Cl)c(F)c(Cl)c1)CC(=O)O. The average Bonchev–Trinajstić information content (AvgIpc) is 2.40. The Morgan fingerprint density at radius 3 is 2.43 bits per heavy atom. The van der Waals surface area contributed by atoms with Crippen LogP contribution in [0.25, 0.3) is 0 Å². The lowest BCUT2D eigenvalue weighted by Crippen LogP contribution is -2.37. The molecule has 0 spiro atoms. The van der Waals surface area contributed by atoms with E-state index in [4.69, 9.17) is 33.0 Å². The summed E-state index contributed by atoms with van der Waals surface area (Å²) in [6, 6.07) is 1.78. The summed E-state index contributed by atoms with van der Waals surface area (Å²) < 4.78 is 18.1. The molecule has 0 bridgehead atoms. The van der Waals surface area contributed by atoms with Gasteiger partial charge in [-0.05, 0) is 12.1 Å². The Morgan fingerprint density at radius 1 is 1.38 bits per heavy atom. The second-order valence-electron chi connectivity index (χ2n) is 4.04. The Kier molecular flexibility index (Phi) is 6.67. The highest BCUT2D eigenvalue weighted by Crippen LogP contribution is 2.27. The molecule has 3 N–H and O–H groups in total. The number of amides is 2. The Hall–Kier alpha value is -1.57. The molecule has 0 saturated carbocycles. The number of methoxy groups -OCH3 is 1. The van der Waals surface area contributed by atoms with E-state index < -0.39 is 23.9 Å². The van der Waals surface area contributed by atoms with Crippen molar-refractivity contribution in [3.05, 3.63) is 28.0 Å². The molecular formula is C12H13Cl2FN2O4. The fourth-order valence-corrected chi connectivity index (χ4v) is 1.93. The first-order chi connectivity index (χ1) is 9.83. The van der Waals surface area contributed by atoms with Gasteiger partial charge in [0.1, 0.15) is 0 Å². The summed E-state index contributed by atoms with van der Waals surface area (Å²) in [5.74, 6) is -1.81. The van der Waals surface area contributed by atoms with Crippen LogP contribution in [-0.2, 0) is 9.53 Å². The topological polar surface area (TPSA) is 87.7 Å². The van der Waals surface area contributed by atoms with Crippen molar-refractivity contribution in [2.45, 2.75) is 12.5 Å². The quantitative estimate of drug-likeness (QED) is 0.696. The summed E-state index contributed by atoms with van der Waals surface area (Å²) in [5.41, 5.74) is 0.205. The maximum Gasteiger partial charge on any atom is 0.319 e. The van der Waals surface area contributed by atoms with E-state index in [0.717, 1.165) is 0 Å². The Labute approximate surface area is 130 Å². The van der Waals surface area contributed by atoms with Gasteiger partial charge in [0.25, 0.3) is 0 Å². The van der Waals surface area contributed by atoms with Crippen molar-refractivity contribution >= 4 is 40.9 Å². The molecule has 0 fully saturated rings. The first-order valence-electron chi connectivity index (χ1n) is 5.77. The number of hydrogen-bond donors (Lipinski definition) is 3. The molecule has 0 heterocycles. The predicted molar refractivity (Wildman–Crippen MR) is 76.5 cm³/mol. The average molecular weight is 339 g/mol. The maximum absolute atomic E-state index is 13.2. The van der Waals surface area contributed by atoms with Crippen LogP contribution in [0.1, 0.15) is 6.42 Å². The number of benzene rings is 1. The summed E-state index contributed by atoms with van der Waals surface area (Å²) in [7, 11) is 1.34. The number of carboxylic acid groups (broad SMARTS) is 1. The molecule has 0 aliphatic rings. The van der Waals surface area contributed by atoms with E-state index in [0.29, 0.717) is 0 Å². The monoisotopic (exact) mass is 338 g/mol. The minimum atomic E-state index is -1.04. The number of rotatable bonds is 6. The first kappa shape index (κ1) is 17.5. The van der Waals surface area contributed by atoms with Crippen LogP contribution in [0.3, 0.4) is 0 Å². The number of carbonyl (C=O) groups is 2. The number of aliphatic carboxylic acids is 1. The fraction of sp³-hybridized carbons (Fsp3) is 0.333. The van der Waals surface area contributed by atoms with Crippen LogP contribution in [0.5, 0.6) is 0 Å². The van der Waals surface area contributed by atoms with Gasteiger partial charge in [0.05, 0.1) is 22.6 Å². The highest BCUT2D eigenvalue weighted by atomic mass is 35.5. The van der Waals surface area contributed by atoms with E-state index >= 15 is 0 Å². The van der Waals surface area contributed by atoms with Gasteiger partial charge >= 0.3 is 12.0 Å². The molecule has 1 unspecified atom stereocenters. The van der Waals surface area contributed by atoms with E-state index in [1.165, 1.54) is 19.2 Å². The summed E-state index contributed by atoms with van der Waals surface area (Å²) in [6.07, 6.45) is -0.904. The van der Waals surface area contributed by atoms with E-state index in [-0.39, 0.29) is 28.7 Å². The van der Waals surface area contributed by atoms with Crippen molar-refractivity contribution in [1.29, 1.82) is 0 Å². The third kappa shape index (κ3) is 5.74. The van der Waals surface area contributed by atoms with Crippen molar-refractivity contribution in [2.24, 2.45) is 0 Å². The highest BCUT2D eigenvalue weighted by Gasteiger charge is 2.14. The molecule has 1 aromatic rings. The molecule has 1 atom stereocenters. The lowest BCUT2D eigenvalue weighted by molar-refractivity contribution is -0.139. The van der Waals surface area contributed by atoms with Gasteiger partial charge in [0.15, 0.2) is 5.82 Å². The number of nitrogens with one attached hydrogen (secondary N) is 2. The normalized spacial score (nSPS) is 11.8. The smallest absolute Gasteiger partial charge is 0.319 e. The molecule has 116 valence electrons. The molecule has 0 aliphatic carbocycles. The molecule has 21 heavy (non-hydrogen) atoms. The largest absolute Gasteiger partial charge is 0.481 e. The van der Waals surface area contributed by atoms with Crippen LogP contribution in [-0.4, -0.2) is 36.9 Å². The summed E-state index contributed by atoms with van der Waals surface area (Å²) in [6.45, 7) is -0.00269. The number of carbonyl (C=O) groups excluding carboxylic acids is 1. The van der Waals surface area contributed by atoms with Gasteiger partial charge in [-0.25, -0.2) is 9.18 Å². The number of ether oxygens (including phenoxy) is 1. The van der Waals surface area contributed by atoms with Crippen molar-refractivity contribution in [3.8, 4) is 0 Å². The van der Waals surface area contributed by atoms with Gasteiger partial charge in [-0.1, -0.05) is 23.2 Å². The van der Waals surface area contributed by atoms with E-state index in [9.17, 15) is 14.0 Å². The van der Waals surface area contributed by atoms with Crippen LogP contribution in [0, 0.1) is 5.82 Å². The van der Waals surface area contributed by atoms with Gasteiger partial charge in [-0.2, -0.15) is 0 Å². The van der Waals surface area contributed by atoms with Crippen LogP contribution >= 0.6 is 23.2 Å². The van der Waals surface area contributed by atoms with Crippen LogP contribution in [0.2, 0.25) is 10.0 Å². The lowest BCUT2D eigenvalue weighted by Gasteiger charge is -2.14. The summed E-state index contributed by atoms with van der Waals surface area (Å²) in [5, 5.41) is 13.0. The molecule has 2 amide bonds. The van der Waals surface area contributed by atoms with Gasteiger partial charge in [0.2, 0.25) is 0 Å². The highest BCUT2D eigenvalue weighted by molar-refractivity contribution is 6.35. The first-order valence-corrected chi connectivity index (χ1v) is 6.53. The molecule has 0 saturated heterocycles. The molecule has 0 aromatic heterocycles. The molecule has 1 rings (SSSR count). The van der Waals surface area contributed by atoms with Crippen molar-refractivity contribution in [1.82, 2.24) is 5.32 Å². The minimum absolute atomic E-state index is 0.00269. The molecule has 9 heteroatoms. The fourth-order valence-electron chi connectivity index (χ4n) is 1.44. The molecule has 6 nitrogen and oxygen atoms in total. The Balaban J connectivity index is 2.56. The van der Waals surface area contributed by atoms with Crippen molar-refractivity contribution in [2.75, 3.05) is 19.0 Å². The zero-order valence-corrected chi connectivity index (χ0v) is 12.5. The lowest BCUT2D eigenvalue weighted by atomic mass is 10.2. The second-order valence-corrected chi connectivity index (χ2v) is 4.86. The van der Waals surface area contributed by atoms with Gasteiger partial charge < -0.3 is 20.5 Å². The van der Waals surface area contributed by atoms with E-state index in [2.05, 4.69) is 10.6 Å². The molecule has 0 aliphatic heterocycles. The van der Waals surface area contributed by atoms with Crippen LogP contribution in [0.15, 0.2) is 12.1 Å². The zero-order valence-electron chi connectivity index (χ0n) is 11.0. The number of anilines is 1. The standard InChI is InChI=1S/C12H13Cl2FN2O4/c1-21-7(4-10(18)19)5-16-12(20)17-6-2-8(13)11(15)9(14)3-6/h2-3,7H,4-5H2,1H3,(H,18,19)(H2,16,17,20). The van der Waals surface area contributed by atoms with Gasteiger partial charge in [-0.15, -0.1) is 0 Å². The summed E-state index contributed by atoms with van der Waals surface area (Å²) in [4.78, 5) is 22.2. The number of hydrogen-bond acceptors (Lipinski definition) is 3. The van der Waals surface area contributed by atoms with Gasteiger partial charge in [0, 0.05) is 19.3 Å². The van der Waals surface area contributed by atoms with Crippen LogP contribution < -0.4 is 10.6 Å². The third-order valence-corrected chi connectivity index (χ3v) is 3.02. The van der Waals surface area contributed by atoms with Crippen molar-refractivity contribution in [3.63, 3.8) is 0 Å². The van der Waals surface area contributed by atoms with Gasteiger partial charge in [-0.3, -0.25) is 4.79 Å². The third-order valence-electron chi connectivity index (χ3n) is 2.47. The van der Waals surface area contributed by atoms with Crippen LogP contribution in [0.4, 0.5) is 14.9 Å². The minimum Gasteiger partial charge on any atom is -0.481 e. The second kappa shape index (κ2) is 8.02. The molecule has 0 radical (unpaired) electrons. The Morgan fingerprint density at radius 2 is 1.95 bits per heavy atom. The molecular weight excluding hydrogens is 326 g/mol. The zero-order chi connectivity index (χ0) is 16.0. The number of halogens is 3. The van der Waals surface area contributed by atoms with E-state index in [1.807, 2.05) is 0 Å². The van der Waals surface area contributed by atoms with E-state index in [1.54, 1.807) is 0 Å². The van der Waals surface area contributed by atoms with Crippen molar-refractivity contribution < 1.29 is 23.8 Å². The summed E-state index contributed by atoms with van der Waals surface area (Å²) >= 11 is 11.2.